The Hall–Kier alpha value is -0.846. The molecule has 2 aromatic heterocycles. The average Bonchev–Trinajstić information content (AvgIpc) is 2.91. The first-order valence-corrected chi connectivity index (χ1v) is 15.3. The molecular weight excluding hydrogens is 599 g/mol. The third-order valence-corrected chi connectivity index (χ3v) is 2.89. The summed E-state index contributed by atoms with van der Waals surface area (Å²) in [7, 11) is -3.90. The van der Waals surface area contributed by atoms with Gasteiger partial charge in [-0.1, -0.05) is 0 Å². The molecule has 0 bridgehead atoms. The van der Waals surface area contributed by atoms with Gasteiger partial charge in [0.15, 0.2) is 0 Å². The van der Waals surface area contributed by atoms with Crippen molar-refractivity contribution in [3.05, 3.63) is 34.4 Å². The summed E-state index contributed by atoms with van der Waals surface area (Å²) in [6.45, 7) is 2.90. The molecule has 0 spiro atoms. The summed E-state index contributed by atoms with van der Waals surface area (Å²) in [5.41, 5.74) is -0.343. The molecule has 184 valence electrons. The van der Waals surface area contributed by atoms with Crippen LogP contribution in [0.3, 0.4) is 0 Å². The maximum atomic E-state index is 12.9. The smallest absolute Gasteiger partial charge is 0.275 e. The van der Waals surface area contributed by atoms with Crippen LogP contribution >= 0.6 is 55.9 Å². The summed E-state index contributed by atoms with van der Waals surface area (Å²) in [4.78, 5) is 20.7. The van der Waals surface area contributed by atoms with Crippen molar-refractivity contribution in [3.63, 3.8) is 0 Å². The number of hydrogen-bond acceptors (Lipinski definition) is 4. The average molecular weight is 611 g/mol. The topological polar surface area (TPSA) is 69.8 Å². The zero-order chi connectivity index (χ0) is 26.2. The summed E-state index contributed by atoms with van der Waals surface area (Å²) in [6, 6.07) is -1.78. The molecule has 0 aliphatic rings. The van der Waals surface area contributed by atoms with Gasteiger partial charge in [0.05, 0.1) is 11.4 Å². The van der Waals surface area contributed by atoms with Gasteiger partial charge in [-0.15, -0.1) is 44.3 Å². The molecule has 0 aromatic carbocycles. The van der Waals surface area contributed by atoms with Crippen molar-refractivity contribution in [2.24, 2.45) is 14.1 Å². The highest BCUT2D eigenvalue weighted by Crippen LogP contribution is 2.23. The largest absolute Gasteiger partial charge is 0.844 e. The van der Waals surface area contributed by atoms with Gasteiger partial charge in [-0.05, 0) is 25.4 Å². The van der Waals surface area contributed by atoms with Crippen molar-refractivity contribution in [2.45, 2.75) is 13.8 Å². The fourth-order valence-corrected chi connectivity index (χ4v) is 1.92. The predicted molar refractivity (Wildman–Crippen MR) is 111 cm³/mol. The Morgan fingerprint density at radius 2 is 1.06 bits per heavy atom. The van der Waals surface area contributed by atoms with Gasteiger partial charge in [0.25, 0.3) is 5.24 Å². The third kappa shape index (κ3) is 15.1. The molecule has 32 heavy (non-hydrogen) atoms. The van der Waals surface area contributed by atoms with Gasteiger partial charge in [0.2, 0.25) is 11.9 Å². The fourth-order valence-electron chi connectivity index (χ4n) is 1.71. The molecule has 0 unspecified atom stereocenters. The number of rotatable bonds is 2. The predicted octanol–water partition coefficient (Wildman–Crippen LogP) is 5.90. The van der Waals surface area contributed by atoms with E-state index in [9.17, 15) is 39.2 Å². The van der Waals surface area contributed by atoms with E-state index in [1.54, 1.807) is 0 Å². The van der Waals surface area contributed by atoms with E-state index in [0.717, 1.165) is 9.36 Å². The second-order valence-corrected chi connectivity index (χ2v) is 17.5. The summed E-state index contributed by atoms with van der Waals surface area (Å²) >= 11 is 25.0. The summed E-state index contributed by atoms with van der Waals surface area (Å²) in [6.07, 6.45) is 0. The standard InChI is InChI=1S/C6H6ClFN2O.C6H6F2N2O.Cl4Si.F4Si/c1-3-4(5(7)11)6(8)10(2)9-3;1-3-4(6(8)11)5(7)10(2)9-3;2*1-5(2,3)4/h2*1-2H3;;. The van der Waals surface area contributed by atoms with Crippen LogP contribution in [0.15, 0.2) is 0 Å². The van der Waals surface area contributed by atoms with E-state index in [0.29, 0.717) is 5.69 Å². The fraction of sp³-hybridized carbons (Fsp3) is 0.333. The first-order valence-electron chi connectivity index (χ1n) is 7.36. The van der Waals surface area contributed by atoms with Crippen LogP contribution in [0.4, 0.5) is 29.6 Å². The highest BCUT2D eigenvalue weighted by Gasteiger charge is 2.39. The first kappa shape index (κ1) is 33.3. The van der Waals surface area contributed by atoms with Gasteiger partial charge < -0.3 is 0 Å². The van der Waals surface area contributed by atoms with Gasteiger partial charge in [-0.2, -0.15) is 23.4 Å². The molecule has 2 aromatic rings. The van der Waals surface area contributed by atoms with E-state index < -0.39 is 43.5 Å². The summed E-state index contributed by atoms with van der Waals surface area (Å²) in [5, 5.41) is 3.65. The van der Waals surface area contributed by atoms with E-state index in [2.05, 4.69) is 10.2 Å². The number of hydrogen-bond donors (Lipinski definition) is 0. The normalized spacial score (nSPS) is 10.8. The Morgan fingerprint density at radius 3 is 1.16 bits per heavy atom. The Morgan fingerprint density at radius 1 is 0.812 bits per heavy atom. The second-order valence-electron chi connectivity index (χ2n) is 5.15. The molecule has 0 amide bonds. The minimum absolute atomic E-state index is 0.0671. The monoisotopic (exact) mass is 608 g/mol. The van der Waals surface area contributed by atoms with Gasteiger partial charge in [-0.3, -0.25) is 9.59 Å². The van der Waals surface area contributed by atoms with E-state index in [1.807, 2.05) is 0 Å². The molecule has 0 fully saturated rings. The second kappa shape index (κ2) is 13.8. The van der Waals surface area contributed by atoms with Crippen molar-refractivity contribution in [2.75, 3.05) is 0 Å². The molecular formula is C12H12Cl5F7N4O2Si2. The van der Waals surface area contributed by atoms with E-state index >= 15 is 0 Å². The molecule has 0 saturated heterocycles. The molecule has 0 aliphatic heterocycles. The van der Waals surface area contributed by atoms with Crippen LogP contribution in [-0.4, -0.2) is 45.6 Å². The van der Waals surface area contributed by atoms with Crippen LogP contribution in [-0.2, 0) is 14.1 Å². The summed E-state index contributed by atoms with van der Waals surface area (Å²) < 4.78 is 78.7. The third-order valence-electron chi connectivity index (χ3n) is 2.70. The van der Waals surface area contributed by atoms with Crippen LogP contribution in [0.2, 0.25) is 0 Å². The maximum absolute atomic E-state index is 12.9. The van der Waals surface area contributed by atoms with E-state index in [1.165, 1.54) is 27.9 Å². The highest BCUT2D eigenvalue weighted by atomic mass is 36.0. The Kier molecular flexibility index (Phi) is 14.3. The lowest BCUT2D eigenvalue weighted by Crippen LogP contribution is -2.02. The molecule has 6 nitrogen and oxygen atoms in total. The quantitative estimate of drug-likeness (QED) is 0.184. The lowest BCUT2D eigenvalue weighted by molar-refractivity contribution is 0.0829. The van der Waals surface area contributed by atoms with Crippen LogP contribution in [0.5, 0.6) is 0 Å². The zero-order valence-electron chi connectivity index (χ0n) is 16.1. The molecule has 2 rings (SSSR count). The van der Waals surface area contributed by atoms with Crippen LogP contribution in [0.25, 0.3) is 0 Å². The molecule has 20 heteroatoms. The number of carbonyl (C=O) groups is 2. The highest BCUT2D eigenvalue weighted by molar-refractivity contribution is 7.81. The number of nitrogens with zero attached hydrogens (tertiary/aromatic N) is 4. The molecule has 2 heterocycles. The van der Waals surface area contributed by atoms with E-state index in [-0.39, 0.29) is 11.3 Å². The van der Waals surface area contributed by atoms with Crippen molar-refractivity contribution >= 4 is 81.9 Å². The van der Waals surface area contributed by atoms with Gasteiger partial charge in [0, 0.05) is 14.1 Å². The van der Waals surface area contributed by atoms with Crippen molar-refractivity contribution < 1.29 is 39.2 Å². The lowest BCUT2D eigenvalue weighted by atomic mass is 10.3. The Balaban J connectivity index is 0. The summed E-state index contributed by atoms with van der Waals surface area (Å²) in [5.74, 6) is -1.63. The van der Waals surface area contributed by atoms with Gasteiger partial charge in [-0.25, -0.2) is 25.8 Å². The van der Waals surface area contributed by atoms with E-state index in [4.69, 9.17) is 55.9 Å². The van der Waals surface area contributed by atoms with Crippen molar-refractivity contribution in [1.82, 2.24) is 19.6 Å². The minimum atomic E-state index is -6.61. The molecule has 0 atom stereocenters. The maximum Gasteiger partial charge on any atom is 0.844 e. The Labute approximate surface area is 202 Å². The lowest BCUT2D eigenvalue weighted by Gasteiger charge is -1.88. The van der Waals surface area contributed by atoms with Crippen LogP contribution in [0.1, 0.15) is 32.1 Å². The number of aromatic nitrogens is 4. The van der Waals surface area contributed by atoms with Crippen molar-refractivity contribution in [3.8, 4) is 0 Å². The SMILES string of the molecule is Cc1nn(C)c(F)c1C(=O)Cl.Cc1nn(C)c(F)c1C(=O)F.Cl[Si](Cl)(Cl)Cl.F[Si](F)(F)F. The van der Waals surface area contributed by atoms with Gasteiger partial charge >= 0.3 is 20.8 Å². The first-order chi connectivity index (χ1) is 14.1. The van der Waals surface area contributed by atoms with Crippen molar-refractivity contribution in [1.29, 1.82) is 0 Å². The minimum Gasteiger partial charge on any atom is -0.275 e. The molecule has 0 radical (unpaired) electrons. The Bertz CT molecular complexity index is 848. The molecule has 0 saturated carbocycles. The molecule has 0 aliphatic carbocycles. The van der Waals surface area contributed by atoms with Gasteiger partial charge in [0.1, 0.15) is 11.1 Å². The number of halogens is 12. The van der Waals surface area contributed by atoms with Crippen LogP contribution in [0, 0.1) is 25.7 Å². The number of aryl methyl sites for hydroxylation is 4. The number of carbonyl (C=O) groups excluding carboxylic acids is 2. The molecule has 0 N–H and O–H groups in total. The van der Waals surface area contributed by atoms with Crippen LogP contribution < -0.4 is 0 Å². The zero-order valence-corrected chi connectivity index (χ0v) is 21.9.